The first-order valence-electron chi connectivity index (χ1n) is 6.81. The standard InChI is InChI=1S/C14H18N2O3/c17-14(10-3-5-12(6-4-10)16(18)19)11-8-13-2-1-7-15(13)9-11/h3-6,11,13-14,17H,1-2,7-9H2/t11-,13+,14+/m1/s1. The molecule has 2 heterocycles. The molecule has 1 N–H and O–H groups in total. The van der Waals surface area contributed by atoms with Crippen LogP contribution in [0.3, 0.4) is 0 Å². The molecule has 2 aliphatic rings. The highest BCUT2D eigenvalue weighted by molar-refractivity contribution is 5.34. The molecule has 1 aromatic rings. The van der Waals surface area contributed by atoms with Crippen molar-refractivity contribution in [3.63, 3.8) is 0 Å². The van der Waals surface area contributed by atoms with Crippen LogP contribution in [0.25, 0.3) is 0 Å². The first-order valence-corrected chi connectivity index (χ1v) is 6.81. The van der Waals surface area contributed by atoms with Gasteiger partial charge < -0.3 is 5.11 Å². The molecule has 0 amide bonds. The Bertz CT molecular complexity index is 462. The highest BCUT2D eigenvalue weighted by atomic mass is 16.6. The maximum atomic E-state index is 10.6. The smallest absolute Gasteiger partial charge is 0.269 e. The fourth-order valence-electron chi connectivity index (χ4n) is 3.42. The molecule has 0 saturated carbocycles. The molecule has 3 atom stereocenters. The van der Waals surface area contributed by atoms with Gasteiger partial charge >= 0.3 is 0 Å². The monoisotopic (exact) mass is 262 g/mol. The van der Waals surface area contributed by atoms with Crippen LogP contribution in [-0.4, -0.2) is 34.1 Å². The number of non-ortho nitro benzene ring substituents is 1. The second-order valence-electron chi connectivity index (χ2n) is 5.58. The summed E-state index contributed by atoms with van der Waals surface area (Å²) in [6.07, 6.45) is 3.04. The van der Waals surface area contributed by atoms with Crippen LogP contribution < -0.4 is 0 Å². The average molecular weight is 262 g/mol. The number of aliphatic hydroxyl groups is 1. The maximum Gasteiger partial charge on any atom is 0.269 e. The van der Waals surface area contributed by atoms with Gasteiger partial charge in [-0.15, -0.1) is 0 Å². The summed E-state index contributed by atoms with van der Waals surface area (Å²) < 4.78 is 0. The molecule has 0 bridgehead atoms. The number of rotatable bonds is 3. The summed E-state index contributed by atoms with van der Waals surface area (Å²) in [5.41, 5.74) is 0.861. The van der Waals surface area contributed by atoms with Crippen LogP contribution in [-0.2, 0) is 0 Å². The van der Waals surface area contributed by atoms with E-state index in [0.29, 0.717) is 6.04 Å². The fraction of sp³-hybridized carbons (Fsp3) is 0.571. The van der Waals surface area contributed by atoms with Gasteiger partial charge in [0.05, 0.1) is 11.0 Å². The predicted octanol–water partition coefficient (Wildman–Crippen LogP) is 2.11. The largest absolute Gasteiger partial charge is 0.388 e. The quantitative estimate of drug-likeness (QED) is 0.669. The van der Waals surface area contributed by atoms with E-state index >= 15 is 0 Å². The summed E-state index contributed by atoms with van der Waals surface area (Å²) in [6.45, 7) is 2.09. The van der Waals surface area contributed by atoms with Gasteiger partial charge in [-0.25, -0.2) is 0 Å². The lowest BCUT2D eigenvalue weighted by atomic mass is 9.92. The molecule has 2 fully saturated rings. The molecule has 0 radical (unpaired) electrons. The van der Waals surface area contributed by atoms with Gasteiger partial charge in [-0.2, -0.15) is 0 Å². The number of benzene rings is 1. The first kappa shape index (κ1) is 12.6. The molecule has 102 valence electrons. The van der Waals surface area contributed by atoms with E-state index in [0.717, 1.165) is 25.1 Å². The van der Waals surface area contributed by atoms with Crippen molar-refractivity contribution in [3.8, 4) is 0 Å². The zero-order chi connectivity index (χ0) is 13.4. The topological polar surface area (TPSA) is 66.6 Å². The second-order valence-corrected chi connectivity index (χ2v) is 5.58. The van der Waals surface area contributed by atoms with E-state index in [1.165, 1.54) is 25.0 Å². The van der Waals surface area contributed by atoms with Crippen molar-refractivity contribution in [2.45, 2.75) is 31.4 Å². The van der Waals surface area contributed by atoms with Crippen molar-refractivity contribution < 1.29 is 10.0 Å². The summed E-state index contributed by atoms with van der Waals surface area (Å²) in [7, 11) is 0. The van der Waals surface area contributed by atoms with Gasteiger partial charge in [-0.05, 0) is 43.5 Å². The minimum absolute atomic E-state index is 0.0722. The number of aliphatic hydroxyl groups excluding tert-OH is 1. The van der Waals surface area contributed by atoms with Gasteiger partial charge in [0.15, 0.2) is 0 Å². The highest BCUT2D eigenvalue weighted by Gasteiger charge is 2.38. The summed E-state index contributed by atoms with van der Waals surface area (Å²) in [4.78, 5) is 12.6. The molecular formula is C14H18N2O3. The van der Waals surface area contributed by atoms with Crippen molar-refractivity contribution in [1.82, 2.24) is 4.90 Å². The van der Waals surface area contributed by atoms with E-state index < -0.39 is 11.0 Å². The summed E-state index contributed by atoms with van der Waals surface area (Å²) in [5.74, 6) is 0.256. The van der Waals surface area contributed by atoms with Gasteiger partial charge in [-0.1, -0.05) is 0 Å². The minimum atomic E-state index is -0.508. The number of nitrogens with zero attached hydrogens (tertiary/aromatic N) is 2. The molecule has 0 unspecified atom stereocenters. The van der Waals surface area contributed by atoms with Gasteiger partial charge in [0.1, 0.15) is 0 Å². The molecular weight excluding hydrogens is 244 g/mol. The lowest BCUT2D eigenvalue weighted by Gasteiger charge is -2.19. The maximum absolute atomic E-state index is 10.6. The number of hydrogen-bond donors (Lipinski definition) is 1. The van der Waals surface area contributed by atoms with Crippen molar-refractivity contribution in [1.29, 1.82) is 0 Å². The molecule has 5 nitrogen and oxygen atoms in total. The summed E-state index contributed by atoms with van der Waals surface area (Å²) >= 11 is 0. The number of fused-ring (bicyclic) bond motifs is 1. The summed E-state index contributed by atoms with van der Waals surface area (Å²) in [5, 5.41) is 21.0. The lowest BCUT2D eigenvalue weighted by Crippen LogP contribution is -2.23. The van der Waals surface area contributed by atoms with Crippen LogP contribution in [0.2, 0.25) is 0 Å². The third-order valence-electron chi connectivity index (χ3n) is 4.43. The Balaban J connectivity index is 1.70. The van der Waals surface area contributed by atoms with Crippen LogP contribution in [0.4, 0.5) is 5.69 Å². The van der Waals surface area contributed by atoms with E-state index in [-0.39, 0.29) is 11.6 Å². The first-order chi connectivity index (χ1) is 9.15. The molecule has 2 saturated heterocycles. The Morgan fingerprint density at radius 2 is 2.11 bits per heavy atom. The predicted molar refractivity (Wildman–Crippen MR) is 70.8 cm³/mol. The Hall–Kier alpha value is -1.46. The highest BCUT2D eigenvalue weighted by Crippen LogP contribution is 2.38. The van der Waals surface area contributed by atoms with Crippen molar-refractivity contribution in [2.24, 2.45) is 5.92 Å². The van der Waals surface area contributed by atoms with Crippen LogP contribution in [0.1, 0.15) is 30.9 Å². The zero-order valence-electron chi connectivity index (χ0n) is 10.7. The number of nitro benzene ring substituents is 1. The SMILES string of the molecule is O=[N+]([O-])c1ccc([C@H](O)[C@@H]2C[C@@H]3CCCN3C2)cc1. The minimum Gasteiger partial charge on any atom is -0.388 e. The van der Waals surface area contributed by atoms with E-state index in [9.17, 15) is 15.2 Å². The zero-order valence-corrected chi connectivity index (χ0v) is 10.7. The third kappa shape index (κ3) is 2.35. The van der Waals surface area contributed by atoms with Gasteiger partial charge in [0.2, 0.25) is 0 Å². The van der Waals surface area contributed by atoms with E-state index in [2.05, 4.69) is 4.90 Å². The molecule has 0 aromatic heterocycles. The van der Waals surface area contributed by atoms with E-state index in [1.807, 2.05) is 0 Å². The van der Waals surface area contributed by atoms with Crippen LogP contribution in [0, 0.1) is 16.0 Å². The lowest BCUT2D eigenvalue weighted by molar-refractivity contribution is -0.384. The van der Waals surface area contributed by atoms with Crippen LogP contribution in [0.15, 0.2) is 24.3 Å². The Labute approximate surface area is 112 Å². The Morgan fingerprint density at radius 1 is 1.37 bits per heavy atom. The summed E-state index contributed by atoms with van der Waals surface area (Å²) in [6, 6.07) is 6.92. The molecule has 2 aliphatic heterocycles. The molecule has 19 heavy (non-hydrogen) atoms. The third-order valence-corrected chi connectivity index (χ3v) is 4.43. The molecule has 1 aromatic carbocycles. The Kier molecular flexibility index (Phi) is 3.24. The van der Waals surface area contributed by atoms with Crippen LogP contribution in [0.5, 0.6) is 0 Å². The van der Waals surface area contributed by atoms with Crippen LogP contribution >= 0.6 is 0 Å². The Morgan fingerprint density at radius 3 is 2.74 bits per heavy atom. The molecule has 5 heteroatoms. The number of nitro groups is 1. The van der Waals surface area contributed by atoms with Crippen molar-refractivity contribution >= 4 is 5.69 Å². The normalized spacial score (nSPS) is 28.3. The van der Waals surface area contributed by atoms with Crippen molar-refractivity contribution in [3.05, 3.63) is 39.9 Å². The number of hydrogen-bond acceptors (Lipinski definition) is 4. The molecule has 3 rings (SSSR count). The van der Waals surface area contributed by atoms with Crippen molar-refractivity contribution in [2.75, 3.05) is 13.1 Å². The molecule has 0 spiro atoms. The molecule has 0 aliphatic carbocycles. The van der Waals surface area contributed by atoms with E-state index in [1.54, 1.807) is 12.1 Å². The second kappa shape index (κ2) is 4.90. The van der Waals surface area contributed by atoms with E-state index in [4.69, 9.17) is 0 Å². The van der Waals surface area contributed by atoms with Gasteiger partial charge in [-0.3, -0.25) is 15.0 Å². The van der Waals surface area contributed by atoms with Gasteiger partial charge in [0.25, 0.3) is 5.69 Å². The average Bonchev–Trinajstić information content (AvgIpc) is 2.98. The fourth-order valence-corrected chi connectivity index (χ4v) is 3.42. The van der Waals surface area contributed by atoms with Gasteiger partial charge in [0, 0.05) is 30.6 Å².